The first-order valence-electron chi connectivity index (χ1n) is 6.04. The molecule has 2 nitrogen and oxygen atoms in total. The molecule has 0 aliphatic carbocycles. The lowest BCUT2D eigenvalue weighted by Crippen LogP contribution is -1.85. The summed E-state index contributed by atoms with van der Waals surface area (Å²) in [6.07, 6.45) is 5.91. The van der Waals surface area contributed by atoms with E-state index in [2.05, 4.69) is 18.2 Å². The van der Waals surface area contributed by atoms with Crippen LogP contribution in [-0.4, -0.2) is 5.11 Å². The fraction of sp³-hybridized carbons (Fsp3) is 0.125. The van der Waals surface area contributed by atoms with Crippen LogP contribution in [0, 0.1) is 0 Å². The van der Waals surface area contributed by atoms with E-state index in [0.29, 0.717) is 5.69 Å². The monoisotopic (exact) mass is 239 g/mol. The minimum atomic E-state index is 0.264. The van der Waals surface area contributed by atoms with E-state index in [4.69, 9.17) is 5.73 Å². The zero-order chi connectivity index (χ0) is 12.8. The van der Waals surface area contributed by atoms with Gasteiger partial charge in [-0.15, -0.1) is 0 Å². The summed E-state index contributed by atoms with van der Waals surface area (Å²) in [4.78, 5) is 0. The van der Waals surface area contributed by atoms with Crippen molar-refractivity contribution < 1.29 is 5.11 Å². The predicted molar refractivity (Wildman–Crippen MR) is 76.3 cm³/mol. The lowest BCUT2D eigenvalue weighted by molar-refractivity contribution is 0.474. The van der Waals surface area contributed by atoms with Crippen LogP contribution in [0.4, 0.5) is 5.69 Å². The highest BCUT2D eigenvalue weighted by Gasteiger charge is 1.96. The van der Waals surface area contributed by atoms with Crippen LogP contribution < -0.4 is 5.73 Å². The Labute approximate surface area is 107 Å². The second kappa shape index (κ2) is 5.92. The Bertz CT molecular complexity index is 532. The average Bonchev–Trinajstić information content (AvgIpc) is 2.40. The SMILES string of the molecule is Nc1ccc(O)c(/C=C\CCc2ccccc2)c1. The average molecular weight is 239 g/mol. The Kier molecular flexibility index (Phi) is 4.02. The molecular formula is C16H17NO. The van der Waals surface area contributed by atoms with Crippen molar-refractivity contribution in [3.05, 3.63) is 65.7 Å². The minimum absolute atomic E-state index is 0.264. The van der Waals surface area contributed by atoms with Gasteiger partial charge < -0.3 is 10.8 Å². The summed E-state index contributed by atoms with van der Waals surface area (Å²) in [6, 6.07) is 15.4. The number of hydrogen-bond acceptors (Lipinski definition) is 2. The van der Waals surface area contributed by atoms with E-state index in [-0.39, 0.29) is 5.75 Å². The van der Waals surface area contributed by atoms with Gasteiger partial charge in [0.1, 0.15) is 5.75 Å². The number of benzene rings is 2. The van der Waals surface area contributed by atoms with Crippen molar-refractivity contribution in [1.29, 1.82) is 0 Å². The van der Waals surface area contributed by atoms with Crippen molar-refractivity contribution in [2.45, 2.75) is 12.8 Å². The number of phenolic OH excluding ortho intramolecular Hbond substituents is 1. The Hall–Kier alpha value is -2.22. The number of nitrogen functional groups attached to an aromatic ring is 1. The summed E-state index contributed by atoms with van der Waals surface area (Å²) in [7, 11) is 0. The maximum absolute atomic E-state index is 9.64. The normalized spacial score (nSPS) is 10.9. The van der Waals surface area contributed by atoms with Crippen molar-refractivity contribution in [2.24, 2.45) is 0 Å². The number of anilines is 1. The van der Waals surface area contributed by atoms with Crippen molar-refractivity contribution in [3.63, 3.8) is 0 Å². The minimum Gasteiger partial charge on any atom is -0.507 e. The van der Waals surface area contributed by atoms with Gasteiger partial charge in [0.2, 0.25) is 0 Å². The van der Waals surface area contributed by atoms with E-state index in [0.717, 1.165) is 18.4 Å². The van der Waals surface area contributed by atoms with Gasteiger partial charge in [-0.3, -0.25) is 0 Å². The highest BCUT2D eigenvalue weighted by molar-refractivity contribution is 5.62. The first kappa shape index (κ1) is 12.2. The van der Waals surface area contributed by atoms with E-state index in [1.807, 2.05) is 24.3 Å². The summed E-state index contributed by atoms with van der Waals surface area (Å²) in [6.45, 7) is 0. The van der Waals surface area contributed by atoms with Crippen LogP contribution in [0.1, 0.15) is 17.5 Å². The van der Waals surface area contributed by atoms with Crippen molar-refractivity contribution >= 4 is 11.8 Å². The summed E-state index contributed by atoms with van der Waals surface area (Å²) in [5.74, 6) is 0.264. The maximum Gasteiger partial charge on any atom is 0.122 e. The molecule has 3 N–H and O–H groups in total. The first-order chi connectivity index (χ1) is 8.75. The van der Waals surface area contributed by atoms with Gasteiger partial charge in [-0.05, 0) is 36.6 Å². The smallest absolute Gasteiger partial charge is 0.122 e. The molecule has 2 rings (SSSR count). The molecule has 0 aliphatic heterocycles. The molecule has 0 amide bonds. The van der Waals surface area contributed by atoms with E-state index in [1.165, 1.54) is 5.56 Å². The largest absolute Gasteiger partial charge is 0.507 e. The first-order valence-corrected chi connectivity index (χ1v) is 6.04. The number of allylic oxidation sites excluding steroid dienone is 1. The third-order valence-electron chi connectivity index (χ3n) is 2.79. The molecule has 0 heterocycles. The zero-order valence-electron chi connectivity index (χ0n) is 10.2. The lowest BCUT2D eigenvalue weighted by atomic mass is 10.1. The molecule has 0 aromatic heterocycles. The van der Waals surface area contributed by atoms with Crippen molar-refractivity contribution in [2.75, 3.05) is 5.73 Å². The highest BCUT2D eigenvalue weighted by Crippen LogP contribution is 2.21. The second-order valence-corrected chi connectivity index (χ2v) is 4.24. The van der Waals surface area contributed by atoms with Crippen LogP contribution in [0.15, 0.2) is 54.6 Å². The van der Waals surface area contributed by atoms with E-state index >= 15 is 0 Å². The van der Waals surface area contributed by atoms with E-state index in [9.17, 15) is 5.11 Å². The van der Waals surface area contributed by atoms with Crippen LogP contribution in [0.25, 0.3) is 6.08 Å². The van der Waals surface area contributed by atoms with Gasteiger partial charge in [0.25, 0.3) is 0 Å². The quantitative estimate of drug-likeness (QED) is 0.632. The van der Waals surface area contributed by atoms with Gasteiger partial charge in [-0.1, -0.05) is 42.5 Å². The molecule has 0 radical (unpaired) electrons. The molecular weight excluding hydrogens is 222 g/mol. The molecule has 0 saturated heterocycles. The summed E-state index contributed by atoms with van der Waals surface area (Å²) >= 11 is 0. The summed E-state index contributed by atoms with van der Waals surface area (Å²) in [5, 5.41) is 9.64. The maximum atomic E-state index is 9.64. The molecule has 0 unspecified atom stereocenters. The Balaban J connectivity index is 1.94. The number of rotatable bonds is 4. The molecule has 2 aromatic rings. The van der Waals surface area contributed by atoms with Crippen molar-refractivity contribution in [1.82, 2.24) is 0 Å². The van der Waals surface area contributed by atoms with Crippen LogP contribution in [0.3, 0.4) is 0 Å². The predicted octanol–water partition coefficient (Wildman–Crippen LogP) is 3.62. The molecule has 0 atom stereocenters. The second-order valence-electron chi connectivity index (χ2n) is 4.24. The number of aromatic hydroxyl groups is 1. The summed E-state index contributed by atoms with van der Waals surface area (Å²) in [5.41, 5.74) is 8.43. The van der Waals surface area contributed by atoms with Gasteiger partial charge in [-0.2, -0.15) is 0 Å². The molecule has 2 aromatic carbocycles. The number of aryl methyl sites for hydroxylation is 1. The lowest BCUT2D eigenvalue weighted by Gasteiger charge is -2.00. The standard InChI is InChI=1S/C16H17NO/c17-15-10-11-16(18)14(12-15)9-5-4-8-13-6-2-1-3-7-13/h1-3,5-7,9-12,18H,4,8,17H2/b9-5-. The number of nitrogens with two attached hydrogens (primary N) is 1. The van der Waals surface area contributed by atoms with Crippen LogP contribution in [0.5, 0.6) is 5.75 Å². The highest BCUT2D eigenvalue weighted by atomic mass is 16.3. The molecule has 0 saturated carbocycles. The van der Waals surface area contributed by atoms with Gasteiger partial charge >= 0.3 is 0 Å². The fourth-order valence-corrected chi connectivity index (χ4v) is 1.81. The van der Waals surface area contributed by atoms with Gasteiger partial charge in [-0.25, -0.2) is 0 Å². The third-order valence-corrected chi connectivity index (χ3v) is 2.79. The van der Waals surface area contributed by atoms with Gasteiger partial charge in [0, 0.05) is 11.3 Å². The Morgan fingerprint density at radius 2 is 1.83 bits per heavy atom. The fourth-order valence-electron chi connectivity index (χ4n) is 1.81. The van der Waals surface area contributed by atoms with Crippen LogP contribution in [-0.2, 0) is 6.42 Å². The molecule has 18 heavy (non-hydrogen) atoms. The molecule has 0 fully saturated rings. The molecule has 0 spiro atoms. The molecule has 2 heteroatoms. The van der Waals surface area contributed by atoms with Crippen molar-refractivity contribution in [3.8, 4) is 5.75 Å². The Morgan fingerprint density at radius 3 is 2.61 bits per heavy atom. The van der Waals surface area contributed by atoms with E-state index < -0.39 is 0 Å². The van der Waals surface area contributed by atoms with Crippen LogP contribution >= 0.6 is 0 Å². The number of phenols is 1. The molecule has 0 aliphatic rings. The van der Waals surface area contributed by atoms with Gasteiger partial charge in [0.15, 0.2) is 0 Å². The van der Waals surface area contributed by atoms with Gasteiger partial charge in [0.05, 0.1) is 0 Å². The Morgan fingerprint density at radius 1 is 1.06 bits per heavy atom. The topological polar surface area (TPSA) is 46.2 Å². The molecule has 92 valence electrons. The third kappa shape index (κ3) is 3.39. The summed E-state index contributed by atoms with van der Waals surface area (Å²) < 4.78 is 0. The molecule has 0 bridgehead atoms. The van der Waals surface area contributed by atoms with E-state index in [1.54, 1.807) is 18.2 Å². The zero-order valence-corrected chi connectivity index (χ0v) is 10.2. The number of hydrogen-bond donors (Lipinski definition) is 2. The van der Waals surface area contributed by atoms with Crippen LogP contribution in [0.2, 0.25) is 0 Å².